The Balaban J connectivity index is 0.000000606. The van der Waals surface area contributed by atoms with E-state index in [4.69, 9.17) is 0 Å². The molecule has 0 aromatic carbocycles. The zero-order valence-electron chi connectivity index (χ0n) is 10.4. The smallest absolute Gasteiger partial charge is 0.0349 e. The highest BCUT2D eigenvalue weighted by molar-refractivity contribution is 5.66. The van der Waals surface area contributed by atoms with Gasteiger partial charge < -0.3 is 0 Å². The molecule has 2 heteroatoms. The first kappa shape index (κ1) is 12.4. The maximum atomic E-state index is 4.20. The molecule has 0 bridgehead atoms. The number of nitrogens with zero attached hydrogens (tertiary/aromatic N) is 2. The van der Waals surface area contributed by atoms with Crippen LogP contribution in [0.2, 0.25) is 0 Å². The molecule has 16 heavy (non-hydrogen) atoms. The van der Waals surface area contributed by atoms with Crippen LogP contribution in [0.15, 0.2) is 36.9 Å². The molecule has 0 atom stereocenters. The Bertz CT molecular complexity index is 436. The summed E-state index contributed by atoms with van der Waals surface area (Å²) in [7, 11) is 0. The van der Waals surface area contributed by atoms with Crippen molar-refractivity contribution in [3.05, 3.63) is 48.0 Å². The van der Waals surface area contributed by atoms with Crippen LogP contribution in [-0.4, -0.2) is 9.97 Å². The van der Waals surface area contributed by atoms with Gasteiger partial charge in [0, 0.05) is 30.4 Å². The van der Waals surface area contributed by atoms with Crippen LogP contribution >= 0.6 is 0 Å². The highest BCUT2D eigenvalue weighted by Gasteiger charge is 2.02. The van der Waals surface area contributed by atoms with Crippen molar-refractivity contribution in [3.8, 4) is 11.1 Å². The third kappa shape index (κ3) is 2.66. The number of aromatic nitrogens is 2. The molecule has 2 aromatic heterocycles. The van der Waals surface area contributed by atoms with Gasteiger partial charge in [-0.1, -0.05) is 13.8 Å². The molecule has 2 nitrogen and oxygen atoms in total. The van der Waals surface area contributed by atoms with Gasteiger partial charge in [-0.3, -0.25) is 9.97 Å². The fourth-order valence-corrected chi connectivity index (χ4v) is 1.45. The summed E-state index contributed by atoms with van der Waals surface area (Å²) in [5.41, 5.74) is 4.87. The van der Waals surface area contributed by atoms with Crippen molar-refractivity contribution in [3.63, 3.8) is 0 Å². The largest absolute Gasteiger partial charge is 0.265 e. The maximum Gasteiger partial charge on any atom is 0.0349 e. The second kappa shape index (κ2) is 6.01. The van der Waals surface area contributed by atoms with E-state index in [1.165, 1.54) is 22.3 Å². The molecule has 0 amide bonds. The number of hydrogen-bond donors (Lipinski definition) is 0. The first-order valence-electron chi connectivity index (χ1n) is 5.60. The number of aryl methyl sites for hydroxylation is 1. The van der Waals surface area contributed by atoms with Gasteiger partial charge in [0.15, 0.2) is 0 Å². The van der Waals surface area contributed by atoms with Gasteiger partial charge in [0.05, 0.1) is 0 Å². The molecule has 0 fully saturated rings. The summed E-state index contributed by atoms with van der Waals surface area (Å²) in [5, 5.41) is 0. The first-order chi connectivity index (χ1) is 7.79. The van der Waals surface area contributed by atoms with Crippen LogP contribution in [0.3, 0.4) is 0 Å². The normalized spacial score (nSPS) is 9.25. The van der Waals surface area contributed by atoms with Gasteiger partial charge in [-0.2, -0.15) is 0 Å². The lowest BCUT2D eigenvalue weighted by atomic mass is 10.0. The molecule has 0 N–H and O–H groups in total. The minimum atomic E-state index is 1.17. The Hall–Kier alpha value is -1.70. The Morgan fingerprint density at radius 1 is 0.875 bits per heavy atom. The lowest BCUT2D eigenvalue weighted by Gasteiger charge is -2.06. The molecule has 84 valence electrons. The molecule has 0 spiro atoms. The zero-order valence-corrected chi connectivity index (χ0v) is 10.4. The summed E-state index contributed by atoms with van der Waals surface area (Å²) >= 11 is 0. The average molecular weight is 214 g/mol. The van der Waals surface area contributed by atoms with E-state index in [0.29, 0.717) is 0 Å². The summed E-state index contributed by atoms with van der Waals surface area (Å²) in [5.74, 6) is 0. The average Bonchev–Trinajstić information content (AvgIpc) is 2.36. The van der Waals surface area contributed by atoms with E-state index in [2.05, 4.69) is 23.8 Å². The number of rotatable bonds is 1. The van der Waals surface area contributed by atoms with Crippen LogP contribution < -0.4 is 0 Å². The number of hydrogen-bond acceptors (Lipinski definition) is 2. The third-order valence-electron chi connectivity index (χ3n) is 2.46. The van der Waals surface area contributed by atoms with Crippen LogP contribution in [0.4, 0.5) is 0 Å². The molecular weight excluding hydrogens is 196 g/mol. The summed E-state index contributed by atoms with van der Waals surface area (Å²) in [4.78, 5) is 8.20. The summed E-state index contributed by atoms with van der Waals surface area (Å²) < 4.78 is 0. The molecular formula is C14H18N2. The predicted molar refractivity (Wildman–Crippen MR) is 68.3 cm³/mol. The second-order valence-corrected chi connectivity index (χ2v) is 3.36. The Morgan fingerprint density at radius 2 is 1.50 bits per heavy atom. The van der Waals surface area contributed by atoms with Crippen molar-refractivity contribution >= 4 is 0 Å². The SMILES string of the molecule is CC.Cc1cncc(-c2ccncc2)c1C. The topological polar surface area (TPSA) is 25.8 Å². The van der Waals surface area contributed by atoms with Crippen LogP contribution in [0.1, 0.15) is 25.0 Å². The summed E-state index contributed by atoms with van der Waals surface area (Å²) in [6.07, 6.45) is 7.39. The molecule has 0 aliphatic heterocycles. The quantitative estimate of drug-likeness (QED) is 0.721. The first-order valence-corrected chi connectivity index (χ1v) is 5.60. The van der Waals surface area contributed by atoms with Crippen LogP contribution in [0, 0.1) is 13.8 Å². The third-order valence-corrected chi connectivity index (χ3v) is 2.46. The minimum Gasteiger partial charge on any atom is -0.265 e. The lowest BCUT2D eigenvalue weighted by Crippen LogP contribution is -1.89. The molecule has 0 saturated carbocycles. The molecule has 0 saturated heterocycles. The van der Waals surface area contributed by atoms with Crippen molar-refractivity contribution in [2.45, 2.75) is 27.7 Å². The molecule has 2 aromatic rings. The van der Waals surface area contributed by atoms with E-state index >= 15 is 0 Å². The van der Waals surface area contributed by atoms with E-state index in [0.717, 1.165) is 0 Å². The second-order valence-electron chi connectivity index (χ2n) is 3.36. The van der Waals surface area contributed by atoms with Crippen LogP contribution in [0.5, 0.6) is 0 Å². The van der Waals surface area contributed by atoms with E-state index in [-0.39, 0.29) is 0 Å². The van der Waals surface area contributed by atoms with Gasteiger partial charge in [0.25, 0.3) is 0 Å². The predicted octanol–water partition coefficient (Wildman–Crippen LogP) is 3.79. The van der Waals surface area contributed by atoms with Crippen LogP contribution in [-0.2, 0) is 0 Å². The van der Waals surface area contributed by atoms with Crippen molar-refractivity contribution in [1.29, 1.82) is 0 Å². The van der Waals surface area contributed by atoms with Crippen molar-refractivity contribution in [2.24, 2.45) is 0 Å². The molecule has 0 radical (unpaired) electrons. The van der Waals surface area contributed by atoms with Crippen molar-refractivity contribution in [2.75, 3.05) is 0 Å². The van der Waals surface area contributed by atoms with Gasteiger partial charge in [0.2, 0.25) is 0 Å². The highest BCUT2D eigenvalue weighted by Crippen LogP contribution is 2.23. The van der Waals surface area contributed by atoms with Gasteiger partial charge >= 0.3 is 0 Å². The van der Waals surface area contributed by atoms with E-state index in [9.17, 15) is 0 Å². The van der Waals surface area contributed by atoms with Gasteiger partial charge in [-0.25, -0.2) is 0 Å². The fraction of sp³-hybridized carbons (Fsp3) is 0.286. The monoisotopic (exact) mass is 214 g/mol. The Morgan fingerprint density at radius 3 is 2.12 bits per heavy atom. The zero-order chi connectivity index (χ0) is 12.0. The minimum absolute atomic E-state index is 1.17. The van der Waals surface area contributed by atoms with E-state index < -0.39 is 0 Å². The van der Waals surface area contributed by atoms with E-state index in [1.54, 1.807) is 12.4 Å². The molecule has 0 aliphatic rings. The Labute approximate surface area is 97.4 Å². The molecule has 0 aliphatic carbocycles. The van der Waals surface area contributed by atoms with Crippen molar-refractivity contribution in [1.82, 2.24) is 9.97 Å². The Kier molecular flexibility index (Phi) is 4.65. The van der Waals surface area contributed by atoms with Gasteiger partial charge in [-0.05, 0) is 42.7 Å². The molecule has 2 rings (SSSR count). The lowest BCUT2D eigenvalue weighted by molar-refractivity contribution is 1.21. The summed E-state index contributed by atoms with van der Waals surface area (Å²) in [6.45, 7) is 8.19. The van der Waals surface area contributed by atoms with Crippen LogP contribution in [0.25, 0.3) is 11.1 Å². The van der Waals surface area contributed by atoms with E-state index in [1.807, 2.05) is 38.4 Å². The summed E-state index contributed by atoms with van der Waals surface area (Å²) in [6, 6.07) is 4.01. The standard InChI is InChI=1S/C12H12N2.C2H6/c1-9-7-14-8-12(10(9)2)11-3-5-13-6-4-11;1-2/h3-8H,1-2H3;1-2H3. The number of pyridine rings is 2. The van der Waals surface area contributed by atoms with Gasteiger partial charge in [0.1, 0.15) is 0 Å². The molecule has 0 unspecified atom stereocenters. The van der Waals surface area contributed by atoms with Gasteiger partial charge in [-0.15, -0.1) is 0 Å². The maximum absolute atomic E-state index is 4.20. The highest BCUT2D eigenvalue weighted by atomic mass is 14.6. The van der Waals surface area contributed by atoms with Crippen molar-refractivity contribution < 1.29 is 0 Å². The molecule has 2 heterocycles. The fourth-order valence-electron chi connectivity index (χ4n) is 1.45.